The van der Waals surface area contributed by atoms with E-state index in [-0.39, 0.29) is 10.8 Å². The third-order valence-electron chi connectivity index (χ3n) is 11.6. The number of rotatable bonds is 5. The number of ether oxygens (including phenoxy) is 2. The lowest BCUT2D eigenvalue weighted by Gasteiger charge is -2.47. The third-order valence-corrected chi connectivity index (χ3v) is 11.6. The monoisotopic (exact) mass is 613 g/mol. The van der Waals surface area contributed by atoms with Gasteiger partial charge in [0.1, 0.15) is 5.69 Å². The molecule has 1 spiro atoms. The van der Waals surface area contributed by atoms with Gasteiger partial charge in [-0.1, -0.05) is 93.8 Å². The number of fused-ring (bicyclic) bond motifs is 4. The van der Waals surface area contributed by atoms with Crippen molar-refractivity contribution in [2.45, 2.75) is 76.4 Å². The van der Waals surface area contributed by atoms with Crippen LogP contribution in [0.1, 0.15) is 76.5 Å². The van der Waals surface area contributed by atoms with Crippen molar-refractivity contribution in [1.29, 1.82) is 0 Å². The van der Waals surface area contributed by atoms with E-state index >= 15 is 0 Å². The second-order valence-electron chi connectivity index (χ2n) is 14.9. The normalized spacial score (nSPS) is 22.6. The van der Waals surface area contributed by atoms with E-state index in [1.54, 1.807) is 0 Å². The van der Waals surface area contributed by atoms with Crippen molar-refractivity contribution in [3.8, 4) is 5.75 Å². The molecule has 4 aliphatic rings. The van der Waals surface area contributed by atoms with Crippen LogP contribution in [-0.4, -0.2) is 44.8 Å². The van der Waals surface area contributed by atoms with Gasteiger partial charge in [-0.25, -0.2) is 0 Å². The summed E-state index contributed by atoms with van der Waals surface area (Å²) in [5.74, 6) is 1.54. The third kappa shape index (κ3) is 4.57. The second kappa shape index (κ2) is 11.2. The van der Waals surface area contributed by atoms with E-state index in [1.807, 2.05) is 0 Å². The van der Waals surface area contributed by atoms with Crippen LogP contribution in [0, 0.1) is 5.92 Å². The largest absolute Gasteiger partial charge is 0.459 e. The summed E-state index contributed by atoms with van der Waals surface area (Å²) in [5, 5.41) is 2.37. The van der Waals surface area contributed by atoms with Gasteiger partial charge in [0, 0.05) is 53.3 Å². The van der Waals surface area contributed by atoms with Crippen molar-refractivity contribution >= 4 is 34.0 Å². The van der Waals surface area contributed by atoms with Crippen LogP contribution in [0.2, 0.25) is 0 Å². The minimum Gasteiger partial charge on any atom is -0.459 e. The van der Waals surface area contributed by atoms with Crippen molar-refractivity contribution in [3.63, 3.8) is 0 Å². The number of morpholine rings is 1. The van der Waals surface area contributed by atoms with Gasteiger partial charge in [0.05, 0.1) is 24.8 Å². The molecule has 0 aromatic heterocycles. The topological polar surface area (TPSA) is 37.3 Å². The van der Waals surface area contributed by atoms with Gasteiger partial charge in [-0.2, -0.15) is 0 Å². The minimum absolute atomic E-state index is 0.142. The van der Waals surface area contributed by atoms with E-state index in [1.165, 1.54) is 65.6 Å². The molecular formula is C41H47N3O2. The molecule has 8 rings (SSSR count). The fraction of sp³-hybridized carbons (Fsp3) is 0.439. The van der Waals surface area contributed by atoms with Gasteiger partial charge in [-0.05, 0) is 61.4 Å². The summed E-state index contributed by atoms with van der Waals surface area (Å²) < 4.78 is 13.3. The summed E-state index contributed by atoms with van der Waals surface area (Å²) in [6, 6.07) is 29.0. The Morgan fingerprint density at radius 3 is 2.33 bits per heavy atom. The SMILES string of the molecule is CC(C)(c1ccccc1)c1ccc2c3c(cc(N4CCOCC4)c2c1)OC1(C=N3)N(CC2CCCCC2)c2ccccc2C1(C)C. The van der Waals surface area contributed by atoms with Crippen LogP contribution in [0.4, 0.5) is 17.1 Å². The lowest BCUT2D eigenvalue weighted by molar-refractivity contribution is 0.0733. The first-order valence-electron chi connectivity index (χ1n) is 17.4. The Labute approximate surface area is 274 Å². The van der Waals surface area contributed by atoms with Crippen molar-refractivity contribution < 1.29 is 9.47 Å². The average molecular weight is 614 g/mol. The van der Waals surface area contributed by atoms with Crippen LogP contribution in [0.15, 0.2) is 83.9 Å². The Morgan fingerprint density at radius 2 is 1.54 bits per heavy atom. The predicted octanol–water partition coefficient (Wildman–Crippen LogP) is 9.17. The van der Waals surface area contributed by atoms with E-state index < -0.39 is 5.72 Å². The van der Waals surface area contributed by atoms with Crippen LogP contribution >= 0.6 is 0 Å². The van der Waals surface area contributed by atoms with E-state index in [9.17, 15) is 0 Å². The van der Waals surface area contributed by atoms with Gasteiger partial charge in [-0.3, -0.25) is 4.99 Å². The van der Waals surface area contributed by atoms with Crippen LogP contribution in [0.3, 0.4) is 0 Å². The lowest BCUT2D eigenvalue weighted by atomic mass is 9.77. The molecule has 0 N–H and O–H groups in total. The average Bonchev–Trinajstić information content (AvgIpc) is 3.27. The van der Waals surface area contributed by atoms with Gasteiger partial charge >= 0.3 is 0 Å². The van der Waals surface area contributed by atoms with Crippen molar-refractivity contribution in [2.75, 3.05) is 42.6 Å². The zero-order valence-corrected chi connectivity index (χ0v) is 27.9. The molecule has 0 amide bonds. The first-order valence-corrected chi connectivity index (χ1v) is 17.4. The number of anilines is 2. The molecule has 1 saturated carbocycles. The molecule has 5 nitrogen and oxygen atoms in total. The number of hydrogen-bond acceptors (Lipinski definition) is 5. The molecule has 5 heteroatoms. The minimum atomic E-state index is -0.702. The summed E-state index contributed by atoms with van der Waals surface area (Å²) in [4.78, 5) is 10.4. The highest BCUT2D eigenvalue weighted by Gasteiger charge is 2.60. The highest BCUT2D eigenvalue weighted by atomic mass is 16.5. The molecular weight excluding hydrogens is 566 g/mol. The Bertz CT molecular complexity index is 1780. The van der Waals surface area contributed by atoms with E-state index in [2.05, 4.69) is 123 Å². The first kappa shape index (κ1) is 29.6. The Hall–Kier alpha value is -3.83. The first-order chi connectivity index (χ1) is 22.3. The van der Waals surface area contributed by atoms with Gasteiger partial charge in [0.2, 0.25) is 5.72 Å². The molecule has 1 atom stereocenters. The smallest absolute Gasteiger partial charge is 0.228 e. The van der Waals surface area contributed by atoms with E-state index in [0.717, 1.165) is 49.7 Å². The number of aliphatic imine (C=N–C) groups is 1. The Kier molecular flexibility index (Phi) is 7.17. The zero-order chi connectivity index (χ0) is 31.5. The zero-order valence-electron chi connectivity index (χ0n) is 27.9. The van der Waals surface area contributed by atoms with Crippen LogP contribution in [0.25, 0.3) is 10.8 Å². The van der Waals surface area contributed by atoms with Gasteiger partial charge in [0.15, 0.2) is 5.75 Å². The number of nitrogens with zero attached hydrogens (tertiary/aromatic N) is 3. The Morgan fingerprint density at radius 1 is 0.804 bits per heavy atom. The summed E-state index contributed by atoms with van der Waals surface area (Å²) in [6.45, 7) is 13.5. The maximum absolute atomic E-state index is 7.46. The molecule has 1 aliphatic carbocycles. The summed E-state index contributed by atoms with van der Waals surface area (Å²) in [7, 11) is 0. The van der Waals surface area contributed by atoms with Crippen molar-refractivity contribution in [2.24, 2.45) is 10.9 Å². The van der Waals surface area contributed by atoms with Crippen molar-refractivity contribution in [3.05, 3.63) is 95.6 Å². The summed E-state index contributed by atoms with van der Waals surface area (Å²) in [6.07, 6.45) is 8.73. The van der Waals surface area contributed by atoms with Crippen LogP contribution in [0.5, 0.6) is 5.75 Å². The quantitative estimate of drug-likeness (QED) is 0.225. The van der Waals surface area contributed by atoms with E-state index in [0.29, 0.717) is 5.92 Å². The molecule has 4 aromatic carbocycles. The molecule has 4 aromatic rings. The molecule has 238 valence electrons. The van der Waals surface area contributed by atoms with Gasteiger partial charge < -0.3 is 19.3 Å². The summed E-state index contributed by atoms with van der Waals surface area (Å²) >= 11 is 0. The molecule has 2 fully saturated rings. The maximum atomic E-state index is 7.46. The summed E-state index contributed by atoms with van der Waals surface area (Å²) in [5.41, 5.74) is 6.24. The van der Waals surface area contributed by atoms with Gasteiger partial charge in [0.25, 0.3) is 0 Å². The Balaban J connectivity index is 1.27. The predicted molar refractivity (Wildman–Crippen MR) is 190 cm³/mol. The fourth-order valence-electron chi connectivity index (χ4n) is 8.62. The molecule has 0 radical (unpaired) electrons. The molecule has 1 unspecified atom stereocenters. The highest BCUT2D eigenvalue weighted by molar-refractivity contribution is 6.06. The molecule has 1 saturated heterocycles. The van der Waals surface area contributed by atoms with Gasteiger partial charge in [-0.15, -0.1) is 0 Å². The lowest BCUT2D eigenvalue weighted by Crippen LogP contribution is -2.63. The number of hydrogen-bond donors (Lipinski definition) is 0. The van der Waals surface area contributed by atoms with Crippen LogP contribution < -0.4 is 14.5 Å². The highest BCUT2D eigenvalue weighted by Crippen LogP contribution is 2.56. The fourth-order valence-corrected chi connectivity index (χ4v) is 8.62. The number of para-hydroxylation sites is 1. The molecule has 3 aliphatic heterocycles. The van der Waals surface area contributed by atoms with E-state index in [4.69, 9.17) is 14.5 Å². The van der Waals surface area contributed by atoms with Crippen molar-refractivity contribution in [1.82, 2.24) is 0 Å². The maximum Gasteiger partial charge on any atom is 0.228 e. The number of benzene rings is 4. The standard InChI is InChI=1S/C41H47N3O2/c1-39(2,30-15-9-6-10-16-30)31-19-20-32-33(25-31)36(43-21-23-45-24-22-43)26-37-38(32)42-28-41(46-37)40(3,4)34-17-11-12-18-35(34)44(41)27-29-13-7-5-8-14-29/h6,9-12,15-20,25-26,28-29H,5,7-8,13-14,21-24,27H2,1-4H3. The molecule has 3 heterocycles. The second-order valence-corrected chi connectivity index (χ2v) is 14.9. The van der Waals surface area contributed by atoms with Crippen LogP contribution in [-0.2, 0) is 15.6 Å². The molecule has 46 heavy (non-hydrogen) atoms. The molecule has 0 bridgehead atoms.